The molecule has 4 nitrogen and oxygen atoms in total. The van der Waals surface area contributed by atoms with Crippen molar-refractivity contribution in [1.82, 2.24) is 15.1 Å². The Bertz CT molecular complexity index is 267. The molecule has 1 N–H and O–H groups in total. The predicted molar refractivity (Wildman–Crippen MR) is 91.5 cm³/mol. The Morgan fingerprint density at radius 3 is 2.00 bits per heavy atom. The van der Waals surface area contributed by atoms with E-state index in [0.717, 1.165) is 38.5 Å². The van der Waals surface area contributed by atoms with E-state index in [1.807, 2.05) is 13.2 Å². The van der Waals surface area contributed by atoms with Gasteiger partial charge in [-0.1, -0.05) is 27.4 Å². The number of hydrogen-bond acceptors (Lipinski definition) is 4. The second-order valence-corrected chi connectivity index (χ2v) is 5.67. The van der Waals surface area contributed by atoms with Gasteiger partial charge in [-0.15, -0.1) is 0 Å². The van der Waals surface area contributed by atoms with Crippen LogP contribution in [0.15, 0.2) is 12.8 Å². The van der Waals surface area contributed by atoms with Crippen LogP contribution in [0.5, 0.6) is 0 Å². The van der Waals surface area contributed by atoms with Crippen molar-refractivity contribution in [2.24, 2.45) is 0 Å². The molecule has 0 amide bonds. The maximum atomic E-state index is 10.8. The van der Waals surface area contributed by atoms with Crippen molar-refractivity contribution in [1.29, 1.82) is 0 Å². The average molecular weight is 297 g/mol. The lowest BCUT2D eigenvalue weighted by molar-refractivity contribution is -0.111. The molecule has 0 aromatic carbocycles. The van der Waals surface area contributed by atoms with Gasteiger partial charge >= 0.3 is 0 Å². The summed E-state index contributed by atoms with van der Waals surface area (Å²) in [6.45, 7) is 12.0. The fourth-order valence-corrected chi connectivity index (χ4v) is 2.96. The van der Waals surface area contributed by atoms with Crippen LogP contribution >= 0.6 is 0 Å². The molecule has 21 heavy (non-hydrogen) atoms. The zero-order chi connectivity index (χ0) is 16.3. The molecule has 0 aromatic heterocycles. The predicted octanol–water partition coefficient (Wildman–Crippen LogP) is 2.51. The largest absolute Gasteiger partial charge is 0.378 e. The summed E-state index contributed by atoms with van der Waals surface area (Å²) in [6, 6.07) is 1.64. The molecule has 1 fully saturated rings. The van der Waals surface area contributed by atoms with Crippen molar-refractivity contribution in [3.8, 4) is 0 Å². The van der Waals surface area contributed by atoms with Crippen LogP contribution in [0.4, 0.5) is 0 Å². The summed E-state index contributed by atoms with van der Waals surface area (Å²) in [5, 5.41) is 2.93. The van der Waals surface area contributed by atoms with Crippen LogP contribution in [0.2, 0.25) is 0 Å². The number of carbonyl (C=O) groups is 1. The highest BCUT2D eigenvalue weighted by molar-refractivity contribution is 5.52. The van der Waals surface area contributed by atoms with E-state index in [9.17, 15) is 4.79 Å². The maximum absolute atomic E-state index is 10.8. The summed E-state index contributed by atoms with van der Waals surface area (Å²) in [6.07, 6.45) is 7.48. The molecule has 0 saturated carbocycles. The highest BCUT2D eigenvalue weighted by Gasteiger charge is 2.34. The van der Waals surface area contributed by atoms with E-state index < -0.39 is 0 Å². The molecule has 0 radical (unpaired) electrons. The Balaban J connectivity index is 0.000000885. The monoisotopic (exact) mass is 297 g/mol. The third-order valence-electron chi connectivity index (χ3n) is 4.47. The lowest BCUT2D eigenvalue weighted by atomic mass is 9.88. The summed E-state index contributed by atoms with van der Waals surface area (Å²) in [7, 11) is 4.03. The van der Waals surface area contributed by atoms with Gasteiger partial charge in [-0.05, 0) is 45.5 Å². The van der Waals surface area contributed by atoms with Gasteiger partial charge in [0.05, 0.1) is 6.54 Å². The summed E-state index contributed by atoms with van der Waals surface area (Å²) in [4.78, 5) is 15.4. The lowest BCUT2D eigenvalue weighted by Gasteiger charge is -2.46. The van der Waals surface area contributed by atoms with E-state index in [1.54, 1.807) is 0 Å². The molecule has 1 saturated heterocycles. The van der Waals surface area contributed by atoms with Crippen LogP contribution < -0.4 is 5.32 Å². The van der Waals surface area contributed by atoms with E-state index in [2.05, 4.69) is 49.5 Å². The normalized spacial score (nSPS) is 25.7. The summed E-state index contributed by atoms with van der Waals surface area (Å²) in [5.74, 6) is 0. The van der Waals surface area contributed by atoms with Crippen molar-refractivity contribution in [2.75, 3.05) is 27.2 Å². The molecule has 1 heterocycles. The van der Waals surface area contributed by atoms with Crippen LogP contribution in [0.3, 0.4) is 0 Å². The third-order valence-corrected chi connectivity index (χ3v) is 4.47. The first-order valence-electron chi connectivity index (χ1n) is 8.27. The second-order valence-electron chi connectivity index (χ2n) is 5.67. The third kappa shape index (κ3) is 6.62. The fraction of sp³-hybridized carbons (Fsp3) is 0.824. The molecule has 1 rings (SSSR count). The van der Waals surface area contributed by atoms with Crippen molar-refractivity contribution in [2.45, 2.75) is 64.6 Å². The average Bonchev–Trinajstić information content (AvgIpc) is 2.54. The van der Waals surface area contributed by atoms with Gasteiger partial charge in [-0.3, -0.25) is 4.90 Å². The molecule has 0 bridgehead atoms. The molecule has 2 unspecified atom stereocenters. The SMILES string of the molecule is C=CN(C)C1CC(CC)N(CC=O)C(CC)C1.CCNC. The number of nitrogens with one attached hydrogen (secondary N) is 1. The van der Waals surface area contributed by atoms with E-state index in [0.29, 0.717) is 24.7 Å². The molecule has 1 aliphatic heterocycles. The van der Waals surface area contributed by atoms with Crippen LogP contribution in [0, 0.1) is 0 Å². The van der Waals surface area contributed by atoms with Gasteiger partial charge in [0.2, 0.25) is 0 Å². The fourth-order valence-electron chi connectivity index (χ4n) is 2.96. The minimum Gasteiger partial charge on any atom is -0.378 e. The Hall–Kier alpha value is -0.870. The number of aldehydes is 1. The van der Waals surface area contributed by atoms with Crippen molar-refractivity contribution >= 4 is 6.29 Å². The Kier molecular flexibility index (Phi) is 11.3. The first-order valence-corrected chi connectivity index (χ1v) is 8.27. The van der Waals surface area contributed by atoms with Crippen molar-refractivity contribution in [3.63, 3.8) is 0 Å². The number of nitrogens with zero attached hydrogens (tertiary/aromatic N) is 2. The summed E-state index contributed by atoms with van der Waals surface area (Å²) < 4.78 is 0. The Morgan fingerprint density at radius 1 is 1.24 bits per heavy atom. The number of carbonyl (C=O) groups excluding carboxylic acids is 1. The quantitative estimate of drug-likeness (QED) is 0.733. The standard InChI is InChI=1S/C14H26N2O.C3H9N/c1-5-12-10-14(15(4)7-3)11-13(6-2)16(12)8-9-17;1-3-4-2/h7,9,12-14H,3,5-6,8,10-11H2,1-2,4H3;4H,3H2,1-2H3. The Labute approximate surface area is 131 Å². The summed E-state index contributed by atoms with van der Waals surface area (Å²) >= 11 is 0. The Morgan fingerprint density at radius 2 is 1.71 bits per heavy atom. The zero-order valence-electron chi connectivity index (χ0n) is 14.6. The molecular formula is C17H35N3O. The van der Waals surface area contributed by atoms with Crippen LogP contribution in [0.1, 0.15) is 46.5 Å². The van der Waals surface area contributed by atoms with Gasteiger partial charge in [0.15, 0.2) is 0 Å². The van der Waals surface area contributed by atoms with Crippen LogP contribution in [0.25, 0.3) is 0 Å². The van der Waals surface area contributed by atoms with Gasteiger partial charge in [0.25, 0.3) is 0 Å². The first kappa shape index (κ1) is 20.1. The molecule has 0 spiro atoms. The molecule has 2 atom stereocenters. The number of hydrogen-bond donors (Lipinski definition) is 1. The van der Waals surface area contributed by atoms with Crippen LogP contribution in [-0.4, -0.2) is 61.4 Å². The van der Waals surface area contributed by atoms with Gasteiger partial charge in [-0.25, -0.2) is 0 Å². The van der Waals surface area contributed by atoms with Crippen molar-refractivity contribution in [3.05, 3.63) is 12.8 Å². The molecule has 1 aliphatic rings. The van der Waals surface area contributed by atoms with E-state index in [1.165, 1.54) is 0 Å². The molecule has 0 aromatic rings. The van der Waals surface area contributed by atoms with Crippen molar-refractivity contribution < 1.29 is 4.79 Å². The first-order chi connectivity index (χ1) is 10.1. The highest BCUT2D eigenvalue weighted by atomic mass is 16.1. The van der Waals surface area contributed by atoms with Gasteiger partial charge in [-0.2, -0.15) is 0 Å². The second kappa shape index (κ2) is 11.8. The topological polar surface area (TPSA) is 35.6 Å². The molecule has 4 heteroatoms. The zero-order valence-corrected chi connectivity index (χ0v) is 14.6. The van der Waals surface area contributed by atoms with Crippen LogP contribution in [-0.2, 0) is 4.79 Å². The van der Waals surface area contributed by atoms with Gasteiger partial charge in [0, 0.05) is 25.2 Å². The molecule has 0 aliphatic carbocycles. The summed E-state index contributed by atoms with van der Waals surface area (Å²) in [5.41, 5.74) is 0. The number of likely N-dealkylation sites (tertiary alicyclic amines) is 1. The molecule has 124 valence electrons. The lowest BCUT2D eigenvalue weighted by Crippen LogP contribution is -2.53. The van der Waals surface area contributed by atoms with E-state index in [-0.39, 0.29) is 0 Å². The molecular weight excluding hydrogens is 262 g/mol. The number of rotatable bonds is 7. The van der Waals surface area contributed by atoms with Gasteiger partial charge in [0.1, 0.15) is 6.29 Å². The van der Waals surface area contributed by atoms with E-state index >= 15 is 0 Å². The minimum absolute atomic E-state index is 0.534. The maximum Gasteiger partial charge on any atom is 0.134 e. The minimum atomic E-state index is 0.534. The number of piperidine rings is 1. The van der Waals surface area contributed by atoms with Gasteiger partial charge < -0.3 is 15.0 Å². The smallest absolute Gasteiger partial charge is 0.134 e. The van der Waals surface area contributed by atoms with E-state index in [4.69, 9.17) is 0 Å². The highest BCUT2D eigenvalue weighted by Crippen LogP contribution is 2.29.